The van der Waals surface area contributed by atoms with Crippen molar-refractivity contribution in [3.63, 3.8) is 0 Å². The molecule has 0 amide bonds. The van der Waals surface area contributed by atoms with Crippen LogP contribution in [0, 0.1) is 0 Å². The Bertz CT molecular complexity index is 3230. The lowest BCUT2D eigenvalue weighted by atomic mass is 9.94. The van der Waals surface area contributed by atoms with E-state index in [1.165, 1.54) is 31.1 Å². The molecule has 0 N–H and O–H groups in total. The van der Waals surface area contributed by atoms with Gasteiger partial charge in [-0.05, 0) is 63.9 Å². The highest BCUT2D eigenvalue weighted by Gasteiger charge is 2.19. The fourth-order valence-electron chi connectivity index (χ4n) is 7.79. The van der Waals surface area contributed by atoms with Crippen molar-refractivity contribution in [1.82, 2.24) is 15.0 Å². The van der Waals surface area contributed by atoms with Crippen LogP contribution in [-0.4, -0.2) is 15.0 Å². The number of thiophene rings is 1. The summed E-state index contributed by atoms with van der Waals surface area (Å²) in [6.07, 6.45) is 0. The summed E-state index contributed by atoms with van der Waals surface area (Å²) < 4.78 is 8.88. The van der Waals surface area contributed by atoms with Gasteiger partial charge in [-0.2, -0.15) is 0 Å². The summed E-state index contributed by atoms with van der Waals surface area (Å²) in [6.45, 7) is 0. The standard InChI is InChI=1S/C49H29N3OS/c1-2-13-30(14-3-1)34-16-6-7-20-41(34)49-51-47(32-25-26-37-36-18-8-10-23-43(36)53-44(37)29-32)50-48(52-49)33-27-31-15-4-5-17-35(31)42(28-33)40-22-12-21-39-38-19-9-11-24-45(38)54-46(39)40/h1-29H. The molecule has 0 radical (unpaired) electrons. The lowest BCUT2D eigenvalue weighted by molar-refractivity contribution is 0.669. The van der Waals surface area contributed by atoms with E-state index < -0.39 is 0 Å². The van der Waals surface area contributed by atoms with Crippen molar-refractivity contribution < 1.29 is 4.42 Å². The number of hydrogen-bond donors (Lipinski definition) is 0. The highest BCUT2D eigenvalue weighted by Crippen LogP contribution is 2.43. The molecule has 0 atom stereocenters. The number of hydrogen-bond acceptors (Lipinski definition) is 5. The number of benzene rings is 8. The van der Waals surface area contributed by atoms with Crippen LogP contribution >= 0.6 is 11.3 Å². The zero-order valence-electron chi connectivity index (χ0n) is 28.9. The molecule has 252 valence electrons. The lowest BCUT2D eigenvalue weighted by Gasteiger charge is -2.14. The Labute approximate surface area is 314 Å². The number of para-hydroxylation sites is 1. The Morgan fingerprint density at radius 1 is 0.352 bits per heavy atom. The van der Waals surface area contributed by atoms with Crippen LogP contribution in [0.3, 0.4) is 0 Å². The summed E-state index contributed by atoms with van der Waals surface area (Å²) in [5.74, 6) is 1.81. The van der Waals surface area contributed by atoms with Crippen molar-refractivity contribution in [2.45, 2.75) is 0 Å². The van der Waals surface area contributed by atoms with Crippen LogP contribution < -0.4 is 0 Å². The molecule has 0 saturated carbocycles. The zero-order valence-corrected chi connectivity index (χ0v) is 29.7. The number of aromatic nitrogens is 3. The molecule has 0 spiro atoms. The Morgan fingerprint density at radius 2 is 1.00 bits per heavy atom. The first kappa shape index (κ1) is 30.7. The molecule has 3 heterocycles. The normalized spacial score (nSPS) is 11.7. The molecule has 0 aliphatic rings. The zero-order chi connectivity index (χ0) is 35.6. The van der Waals surface area contributed by atoms with Gasteiger partial charge in [0.1, 0.15) is 11.2 Å². The van der Waals surface area contributed by atoms with Gasteiger partial charge >= 0.3 is 0 Å². The number of nitrogens with zero attached hydrogens (tertiary/aromatic N) is 3. The Kier molecular flexibility index (Phi) is 7.00. The summed E-state index contributed by atoms with van der Waals surface area (Å²) in [5.41, 5.74) is 8.89. The van der Waals surface area contributed by atoms with Gasteiger partial charge in [0.2, 0.25) is 0 Å². The predicted molar refractivity (Wildman–Crippen MR) is 225 cm³/mol. The molecular weight excluding hydrogens is 679 g/mol. The SMILES string of the molecule is c1ccc(-c2ccccc2-c2nc(-c3cc(-c4cccc5c4sc4ccccc45)c4ccccc4c3)nc(-c3ccc4c(c3)oc3ccccc34)n2)cc1. The van der Waals surface area contributed by atoms with Crippen molar-refractivity contribution >= 4 is 64.2 Å². The van der Waals surface area contributed by atoms with E-state index >= 15 is 0 Å². The third kappa shape index (κ3) is 5.01. The van der Waals surface area contributed by atoms with Gasteiger partial charge < -0.3 is 4.42 Å². The fraction of sp³-hybridized carbons (Fsp3) is 0. The summed E-state index contributed by atoms with van der Waals surface area (Å²) in [4.78, 5) is 15.7. The maximum absolute atomic E-state index is 6.32. The van der Waals surface area contributed by atoms with Crippen LogP contribution in [-0.2, 0) is 0 Å². The minimum Gasteiger partial charge on any atom is -0.456 e. The van der Waals surface area contributed by atoms with E-state index in [1.54, 1.807) is 0 Å². The molecule has 8 aromatic carbocycles. The molecular formula is C49H29N3OS. The Morgan fingerprint density at radius 3 is 1.89 bits per heavy atom. The first-order valence-corrected chi connectivity index (χ1v) is 18.8. The average Bonchev–Trinajstić information content (AvgIpc) is 3.82. The van der Waals surface area contributed by atoms with Crippen LogP contribution in [0.5, 0.6) is 0 Å². The summed E-state index contributed by atoms with van der Waals surface area (Å²) in [5, 5.41) is 7.01. The fourth-order valence-corrected chi connectivity index (χ4v) is 9.02. The van der Waals surface area contributed by atoms with Gasteiger partial charge in [0.25, 0.3) is 0 Å². The van der Waals surface area contributed by atoms with E-state index in [2.05, 4.69) is 146 Å². The monoisotopic (exact) mass is 707 g/mol. The van der Waals surface area contributed by atoms with Gasteiger partial charge in [-0.1, -0.05) is 140 Å². The topological polar surface area (TPSA) is 51.8 Å². The average molecular weight is 708 g/mol. The molecule has 0 bridgehead atoms. The van der Waals surface area contributed by atoms with Crippen molar-refractivity contribution in [2.75, 3.05) is 0 Å². The van der Waals surface area contributed by atoms with E-state index in [-0.39, 0.29) is 0 Å². The van der Waals surface area contributed by atoms with E-state index in [4.69, 9.17) is 19.4 Å². The van der Waals surface area contributed by atoms with Gasteiger partial charge in [0.15, 0.2) is 17.5 Å². The van der Waals surface area contributed by atoms with Crippen LogP contribution in [0.2, 0.25) is 0 Å². The van der Waals surface area contributed by atoms with Crippen molar-refractivity contribution in [2.24, 2.45) is 0 Å². The number of fused-ring (bicyclic) bond motifs is 7. The van der Waals surface area contributed by atoms with E-state index in [9.17, 15) is 0 Å². The first-order chi connectivity index (χ1) is 26.7. The third-order valence-electron chi connectivity index (χ3n) is 10.3. The lowest BCUT2D eigenvalue weighted by Crippen LogP contribution is -2.01. The van der Waals surface area contributed by atoms with Crippen molar-refractivity contribution in [3.05, 3.63) is 176 Å². The van der Waals surface area contributed by atoms with Crippen LogP contribution in [0.15, 0.2) is 180 Å². The minimum atomic E-state index is 0.585. The van der Waals surface area contributed by atoms with Crippen molar-refractivity contribution in [3.8, 4) is 56.4 Å². The molecule has 0 saturated heterocycles. The van der Waals surface area contributed by atoms with Gasteiger partial charge in [0, 0.05) is 53.2 Å². The molecule has 5 heteroatoms. The second-order valence-corrected chi connectivity index (χ2v) is 14.6. The highest BCUT2D eigenvalue weighted by atomic mass is 32.1. The molecule has 11 aromatic rings. The highest BCUT2D eigenvalue weighted by molar-refractivity contribution is 7.26. The molecule has 0 aliphatic carbocycles. The van der Waals surface area contributed by atoms with Crippen LogP contribution in [0.4, 0.5) is 0 Å². The summed E-state index contributed by atoms with van der Waals surface area (Å²) >= 11 is 1.84. The molecule has 0 unspecified atom stereocenters. The Balaban J connectivity index is 1.16. The third-order valence-corrected chi connectivity index (χ3v) is 11.6. The van der Waals surface area contributed by atoms with Crippen molar-refractivity contribution in [1.29, 1.82) is 0 Å². The first-order valence-electron chi connectivity index (χ1n) is 18.0. The maximum atomic E-state index is 6.32. The summed E-state index contributed by atoms with van der Waals surface area (Å²) in [6, 6.07) is 61.5. The van der Waals surface area contributed by atoms with Crippen LogP contribution in [0.1, 0.15) is 0 Å². The van der Waals surface area contributed by atoms with E-state index in [0.29, 0.717) is 17.5 Å². The molecule has 54 heavy (non-hydrogen) atoms. The van der Waals surface area contributed by atoms with E-state index in [1.807, 2.05) is 41.7 Å². The molecule has 0 fully saturated rings. The largest absolute Gasteiger partial charge is 0.456 e. The molecule has 0 aliphatic heterocycles. The number of furan rings is 1. The Hall–Kier alpha value is -6.95. The smallest absolute Gasteiger partial charge is 0.164 e. The quantitative estimate of drug-likeness (QED) is 0.179. The minimum absolute atomic E-state index is 0.585. The number of rotatable bonds is 5. The van der Waals surface area contributed by atoms with Gasteiger partial charge in [-0.15, -0.1) is 11.3 Å². The molecule has 4 nitrogen and oxygen atoms in total. The van der Waals surface area contributed by atoms with E-state index in [0.717, 1.165) is 60.7 Å². The van der Waals surface area contributed by atoms with Gasteiger partial charge in [0.05, 0.1) is 0 Å². The van der Waals surface area contributed by atoms with Gasteiger partial charge in [-0.25, -0.2) is 15.0 Å². The summed E-state index contributed by atoms with van der Waals surface area (Å²) in [7, 11) is 0. The molecule has 3 aromatic heterocycles. The van der Waals surface area contributed by atoms with Gasteiger partial charge in [-0.3, -0.25) is 0 Å². The maximum Gasteiger partial charge on any atom is 0.164 e. The predicted octanol–water partition coefficient (Wildman–Crippen LogP) is 13.6. The van der Waals surface area contributed by atoms with Crippen LogP contribution in [0.25, 0.3) is 109 Å². The second-order valence-electron chi connectivity index (χ2n) is 13.6. The molecule has 11 rings (SSSR count). The second kappa shape index (κ2) is 12.3.